The van der Waals surface area contributed by atoms with Gasteiger partial charge >= 0.3 is 0 Å². The second kappa shape index (κ2) is 6.45. The van der Waals surface area contributed by atoms with Gasteiger partial charge in [-0.25, -0.2) is 4.68 Å². The van der Waals surface area contributed by atoms with Gasteiger partial charge in [0.05, 0.1) is 17.3 Å². The van der Waals surface area contributed by atoms with Crippen LogP contribution in [-0.4, -0.2) is 27.6 Å². The number of hydrogen-bond donors (Lipinski definition) is 1. The quantitative estimate of drug-likeness (QED) is 0.854. The van der Waals surface area contributed by atoms with Crippen LogP contribution in [-0.2, 0) is 13.1 Å². The highest BCUT2D eigenvalue weighted by molar-refractivity contribution is 6.32. The van der Waals surface area contributed by atoms with Crippen molar-refractivity contribution in [3.8, 4) is 5.75 Å². The number of benzene rings is 1. The van der Waals surface area contributed by atoms with Crippen molar-refractivity contribution in [3.63, 3.8) is 0 Å². The molecule has 1 aromatic carbocycles. The number of halogens is 1. The van der Waals surface area contributed by atoms with Crippen LogP contribution in [0, 0.1) is 6.92 Å². The number of aryl methyl sites for hydroxylation is 1. The molecule has 1 aliphatic carbocycles. The van der Waals surface area contributed by atoms with Crippen LogP contribution in [0.1, 0.15) is 24.1 Å². The zero-order chi connectivity index (χ0) is 14.7. The Labute approximate surface area is 129 Å². The van der Waals surface area contributed by atoms with Gasteiger partial charge in [-0.05, 0) is 37.5 Å². The molecule has 1 saturated carbocycles. The topological polar surface area (TPSA) is 52.0 Å². The average Bonchev–Trinajstić information content (AvgIpc) is 3.18. The Hall–Kier alpha value is -1.59. The van der Waals surface area contributed by atoms with Crippen molar-refractivity contribution in [2.24, 2.45) is 0 Å². The summed E-state index contributed by atoms with van der Waals surface area (Å²) in [4.78, 5) is 0. The molecule has 112 valence electrons. The van der Waals surface area contributed by atoms with Gasteiger partial charge in [-0.1, -0.05) is 22.9 Å². The standard InChI is InChI=1S/C15H19ClN4O/c1-11-2-5-15(14(16)8-11)21-7-6-20-10-13(18-19-20)9-17-12-3-4-12/h2,5,8,10,12,17H,3-4,6-7,9H2,1H3. The van der Waals surface area contributed by atoms with Crippen LogP contribution in [0.2, 0.25) is 5.02 Å². The molecule has 0 radical (unpaired) electrons. The Kier molecular flexibility index (Phi) is 4.41. The number of rotatable bonds is 7. The van der Waals surface area contributed by atoms with Crippen LogP contribution in [0.5, 0.6) is 5.75 Å². The van der Waals surface area contributed by atoms with E-state index in [1.807, 2.05) is 31.3 Å². The fourth-order valence-corrected chi connectivity index (χ4v) is 2.33. The molecule has 1 aromatic heterocycles. The number of ether oxygens (including phenoxy) is 1. The molecule has 0 aliphatic heterocycles. The molecule has 1 N–H and O–H groups in total. The lowest BCUT2D eigenvalue weighted by molar-refractivity contribution is 0.290. The molecule has 2 aromatic rings. The summed E-state index contributed by atoms with van der Waals surface area (Å²) in [6.45, 7) is 3.96. The van der Waals surface area contributed by atoms with E-state index < -0.39 is 0 Å². The lowest BCUT2D eigenvalue weighted by Gasteiger charge is -2.08. The summed E-state index contributed by atoms with van der Waals surface area (Å²) in [5, 5.41) is 12.3. The first kappa shape index (κ1) is 14.4. The van der Waals surface area contributed by atoms with Gasteiger partial charge in [0.2, 0.25) is 0 Å². The third kappa shape index (κ3) is 4.19. The maximum Gasteiger partial charge on any atom is 0.137 e. The lowest BCUT2D eigenvalue weighted by Crippen LogP contribution is -2.15. The van der Waals surface area contributed by atoms with Crippen LogP contribution in [0.25, 0.3) is 0 Å². The molecule has 0 saturated heterocycles. The summed E-state index contributed by atoms with van der Waals surface area (Å²) in [5.41, 5.74) is 2.09. The Morgan fingerprint density at radius 3 is 3.05 bits per heavy atom. The van der Waals surface area contributed by atoms with Crippen molar-refractivity contribution in [1.29, 1.82) is 0 Å². The average molecular weight is 307 g/mol. The molecule has 21 heavy (non-hydrogen) atoms. The third-order valence-electron chi connectivity index (χ3n) is 3.40. The van der Waals surface area contributed by atoms with Gasteiger partial charge in [-0.3, -0.25) is 0 Å². The van der Waals surface area contributed by atoms with Gasteiger partial charge in [-0.2, -0.15) is 0 Å². The molecule has 0 atom stereocenters. The van der Waals surface area contributed by atoms with E-state index in [9.17, 15) is 0 Å². The summed E-state index contributed by atoms with van der Waals surface area (Å²) in [6.07, 6.45) is 4.51. The van der Waals surface area contributed by atoms with Gasteiger partial charge in [0.25, 0.3) is 0 Å². The van der Waals surface area contributed by atoms with Crippen LogP contribution < -0.4 is 10.1 Å². The van der Waals surface area contributed by atoms with Crippen LogP contribution in [0.3, 0.4) is 0 Å². The molecule has 1 aliphatic rings. The molecule has 3 rings (SSSR count). The van der Waals surface area contributed by atoms with Crippen molar-refractivity contribution >= 4 is 11.6 Å². The number of hydrogen-bond acceptors (Lipinski definition) is 4. The fraction of sp³-hybridized carbons (Fsp3) is 0.467. The Balaban J connectivity index is 1.46. The molecule has 1 heterocycles. The van der Waals surface area contributed by atoms with Crippen molar-refractivity contribution in [2.45, 2.75) is 38.9 Å². The van der Waals surface area contributed by atoms with Crippen LogP contribution >= 0.6 is 11.6 Å². The van der Waals surface area contributed by atoms with Crippen molar-refractivity contribution in [3.05, 3.63) is 40.7 Å². The molecular weight excluding hydrogens is 288 g/mol. The van der Waals surface area contributed by atoms with Gasteiger partial charge < -0.3 is 10.1 Å². The maximum atomic E-state index is 6.12. The van der Waals surface area contributed by atoms with Crippen LogP contribution in [0.4, 0.5) is 0 Å². The second-order valence-electron chi connectivity index (χ2n) is 5.41. The van der Waals surface area contributed by atoms with E-state index in [2.05, 4.69) is 15.6 Å². The minimum atomic E-state index is 0.516. The monoisotopic (exact) mass is 306 g/mol. The van der Waals surface area contributed by atoms with Crippen molar-refractivity contribution in [1.82, 2.24) is 20.3 Å². The third-order valence-corrected chi connectivity index (χ3v) is 3.70. The van der Waals surface area contributed by atoms with E-state index in [1.165, 1.54) is 12.8 Å². The maximum absolute atomic E-state index is 6.12. The van der Waals surface area contributed by atoms with E-state index in [0.717, 1.165) is 17.8 Å². The van der Waals surface area contributed by atoms with Crippen LogP contribution in [0.15, 0.2) is 24.4 Å². The summed E-state index contributed by atoms with van der Waals surface area (Å²) in [5.74, 6) is 0.706. The first-order valence-corrected chi connectivity index (χ1v) is 7.60. The first-order valence-electron chi connectivity index (χ1n) is 7.22. The summed E-state index contributed by atoms with van der Waals surface area (Å²) in [6, 6.07) is 6.46. The number of aromatic nitrogens is 3. The molecule has 0 amide bonds. The lowest BCUT2D eigenvalue weighted by atomic mass is 10.2. The highest BCUT2D eigenvalue weighted by Gasteiger charge is 2.20. The Bertz CT molecular complexity index is 609. The van der Waals surface area contributed by atoms with E-state index in [0.29, 0.717) is 30.0 Å². The normalized spacial score (nSPS) is 14.4. The van der Waals surface area contributed by atoms with E-state index in [-0.39, 0.29) is 0 Å². The largest absolute Gasteiger partial charge is 0.490 e. The Morgan fingerprint density at radius 2 is 2.29 bits per heavy atom. The smallest absolute Gasteiger partial charge is 0.137 e. The molecule has 1 fully saturated rings. The highest BCUT2D eigenvalue weighted by Crippen LogP contribution is 2.25. The molecule has 6 heteroatoms. The molecular formula is C15H19ClN4O. The summed E-state index contributed by atoms with van der Waals surface area (Å²) >= 11 is 6.12. The Morgan fingerprint density at radius 1 is 1.43 bits per heavy atom. The number of nitrogens with zero attached hydrogens (tertiary/aromatic N) is 3. The van der Waals surface area contributed by atoms with Gasteiger partial charge in [0, 0.05) is 18.8 Å². The highest BCUT2D eigenvalue weighted by atomic mass is 35.5. The van der Waals surface area contributed by atoms with Gasteiger partial charge in [0.1, 0.15) is 12.4 Å². The summed E-state index contributed by atoms with van der Waals surface area (Å²) in [7, 11) is 0. The van der Waals surface area contributed by atoms with Crippen molar-refractivity contribution < 1.29 is 4.74 Å². The summed E-state index contributed by atoms with van der Waals surface area (Å²) < 4.78 is 7.47. The van der Waals surface area contributed by atoms with E-state index in [1.54, 1.807) is 4.68 Å². The minimum absolute atomic E-state index is 0.516. The molecule has 0 spiro atoms. The molecule has 0 bridgehead atoms. The van der Waals surface area contributed by atoms with Gasteiger partial charge in [-0.15, -0.1) is 5.10 Å². The number of nitrogens with one attached hydrogen (secondary N) is 1. The zero-order valence-electron chi connectivity index (χ0n) is 12.1. The second-order valence-corrected chi connectivity index (χ2v) is 5.82. The predicted molar refractivity (Wildman–Crippen MR) is 81.6 cm³/mol. The van der Waals surface area contributed by atoms with Crippen molar-refractivity contribution in [2.75, 3.05) is 6.61 Å². The zero-order valence-corrected chi connectivity index (χ0v) is 12.8. The van der Waals surface area contributed by atoms with Gasteiger partial charge in [0.15, 0.2) is 0 Å². The van der Waals surface area contributed by atoms with E-state index in [4.69, 9.17) is 16.3 Å². The van der Waals surface area contributed by atoms with E-state index >= 15 is 0 Å². The fourth-order valence-electron chi connectivity index (χ4n) is 2.04. The molecule has 5 nitrogen and oxygen atoms in total. The SMILES string of the molecule is Cc1ccc(OCCn2cc(CNC3CC3)nn2)c(Cl)c1. The molecule has 0 unspecified atom stereocenters. The minimum Gasteiger partial charge on any atom is -0.490 e. The first-order chi connectivity index (χ1) is 10.2. The predicted octanol–water partition coefficient (Wildman–Crippen LogP) is 2.57.